The van der Waals surface area contributed by atoms with Crippen LogP contribution in [0, 0.1) is 12.3 Å². The molecule has 2 saturated heterocycles. The monoisotopic (exact) mass is 624 g/mol. The fourth-order valence-electron chi connectivity index (χ4n) is 6.45. The standard InChI is InChI=1S/C35H44N8O3/c1-23-12-16-36-28(21-23)39-32(44)24-8-10-26(11-9-24)46-27-13-17-37-30-29(27)31(41-40-30)38-25-7-6-18-42(22-25)33(45)35(5)14-19-43(20-15-35)34(2,3)4/h8-13,16-17,21,25H,6-7,14-15,18-20,22H2,1-5H3,(H,36,39,44)(H2,37,38,40,41)/t25-/m1/s1. The van der Waals surface area contributed by atoms with Crippen LogP contribution in [-0.2, 0) is 4.79 Å². The largest absolute Gasteiger partial charge is 0.456 e. The van der Waals surface area contributed by atoms with Crippen molar-refractivity contribution >= 4 is 34.5 Å². The summed E-state index contributed by atoms with van der Waals surface area (Å²) in [5, 5.41) is 14.7. The topological polar surface area (TPSA) is 128 Å². The Morgan fingerprint density at radius 2 is 1.76 bits per heavy atom. The minimum absolute atomic E-state index is 0.0520. The molecule has 11 heteroatoms. The molecular formula is C35H44N8O3. The maximum atomic E-state index is 13.8. The molecular weight excluding hydrogens is 580 g/mol. The van der Waals surface area contributed by atoms with E-state index in [9.17, 15) is 9.59 Å². The third-order valence-corrected chi connectivity index (χ3v) is 9.31. The third kappa shape index (κ3) is 6.84. The van der Waals surface area contributed by atoms with Crippen molar-refractivity contribution in [3.8, 4) is 11.5 Å². The number of nitrogens with zero attached hydrogens (tertiary/aromatic N) is 5. The summed E-state index contributed by atoms with van der Waals surface area (Å²) in [4.78, 5) is 39.7. The summed E-state index contributed by atoms with van der Waals surface area (Å²) in [5.74, 6) is 2.32. The zero-order chi connectivity index (χ0) is 32.5. The number of amides is 2. The number of piperidine rings is 2. The maximum absolute atomic E-state index is 13.8. The molecule has 0 saturated carbocycles. The number of hydrogen-bond donors (Lipinski definition) is 3. The van der Waals surface area contributed by atoms with Gasteiger partial charge in [0, 0.05) is 54.1 Å². The van der Waals surface area contributed by atoms with Gasteiger partial charge in [-0.1, -0.05) is 6.92 Å². The van der Waals surface area contributed by atoms with Crippen molar-refractivity contribution in [2.45, 2.75) is 71.9 Å². The van der Waals surface area contributed by atoms with Gasteiger partial charge in [0.25, 0.3) is 5.91 Å². The molecule has 0 spiro atoms. The number of aromatic nitrogens is 4. The highest BCUT2D eigenvalue weighted by molar-refractivity contribution is 6.03. The number of nitrogens with one attached hydrogen (secondary N) is 3. The van der Waals surface area contributed by atoms with Crippen LogP contribution in [0.3, 0.4) is 0 Å². The van der Waals surface area contributed by atoms with E-state index in [-0.39, 0.29) is 28.8 Å². The van der Waals surface area contributed by atoms with Gasteiger partial charge in [0.15, 0.2) is 11.5 Å². The lowest BCUT2D eigenvalue weighted by Gasteiger charge is -2.46. The first kappa shape index (κ1) is 31.5. The Bertz CT molecular complexity index is 1700. The van der Waals surface area contributed by atoms with E-state index in [1.807, 2.05) is 24.0 Å². The van der Waals surface area contributed by atoms with Crippen molar-refractivity contribution in [1.29, 1.82) is 0 Å². The number of likely N-dealkylation sites (tertiary alicyclic amines) is 2. The molecule has 0 aliphatic carbocycles. The van der Waals surface area contributed by atoms with E-state index in [0.717, 1.165) is 56.3 Å². The predicted molar refractivity (Wildman–Crippen MR) is 179 cm³/mol. The van der Waals surface area contributed by atoms with Crippen LogP contribution >= 0.6 is 0 Å². The van der Waals surface area contributed by atoms with E-state index < -0.39 is 0 Å². The van der Waals surface area contributed by atoms with E-state index in [1.54, 1.807) is 42.7 Å². The molecule has 0 radical (unpaired) electrons. The van der Waals surface area contributed by atoms with Crippen LogP contribution < -0.4 is 15.4 Å². The van der Waals surface area contributed by atoms with Crippen LogP contribution in [0.15, 0.2) is 54.9 Å². The fourth-order valence-corrected chi connectivity index (χ4v) is 6.45. The number of pyridine rings is 2. The summed E-state index contributed by atoms with van der Waals surface area (Å²) in [7, 11) is 0. The zero-order valence-corrected chi connectivity index (χ0v) is 27.4. The first-order valence-electron chi connectivity index (χ1n) is 16.1. The lowest BCUT2D eigenvalue weighted by Crippen LogP contribution is -2.55. The van der Waals surface area contributed by atoms with Crippen molar-refractivity contribution in [2.75, 3.05) is 36.8 Å². The number of hydrogen-bond acceptors (Lipinski definition) is 8. The van der Waals surface area contributed by atoms with E-state index in [0.29, 0.717) is 40.9 Å². The molecule has 1 aromatic carbocycles. The van der Waals surface area contributed by atoms with Gasteiger partial charge in [0.05, 0.1) is 0 Å². The van der Waals surface area contributed by atoms with Gasteiger partial charge in [0.1, 0.15) is 22.7 Å². The van der Waals surface area contributed by atoms with E-state index in [4.69, 9.17) is 4.74 Å². The number of H-pyrrole nitrogens is 1. The van der Waals surface area contributed by atoms with Crippen molar-refractivity contribution in [3.63, 3.8) is 0 Å². The third-order valence-electron chi connectivity index (χ3n) is 9.31. The molecule has 242 valence electrons. The number of anilines is 2. The number of aryl methyl sites for hydroxylation is 1. The van der Waals surface area contributed by atoms with Gasteiger partial charge in [-0.25, -0.2) is 9.97 Å². The van der Waals surface area contributed by atoms with Gasteiger partial charge in [-0.15, -0.1) is 0 Å². The maximum Gasteiger partial charge on any atom is 0.256 e. The van der Waals surface area contributed by atoms with E-state index >= 15 is 0 Å². The minimum atomic E-state index is -0.332. The Hall–Kier alpha value is -4.51. The second kappa shape index (κ2) is 12.7. The molecule has 5 heterocycles. The van der Waals surface area contributed by atoms with Crippen LogP contribution in [-0.4, -0.2) is 79.5 Å². The predicted octanol–water partition coefficient (Wildman–Crippen LogP) is 6.01. The Labute approximate surface area is 270 Å². The molecule has 1 atom stereocenters. The Kier molecular flexibility index (Phi) is 8.69. The van der Waals surface area contributed by atoms with Gasteiger partial charge in [0.2, 0.25) is 5.91 Å². The Morgan fingerprint density at radius 1 is 1.02 bits per heavy atom. The van der Waals surface area contributed by atoms with Crippen molar-refractivity contribution in [1.82, 2.24) is 30.0 Å². The highest BCUT2D eigenvalue weighted by Crippen LogP contribution is 2.37. The molecule has 4 aromatic rings. The molecule has 2 amide bonds. The fraction of sp³-hybridized carbons (Fsp3) is 0.457. The van der Waals surface area contributed by atoms with Crippen LogP contribution in [0.25, 0.3) is 11.0 Å². The molecule has 46 heavy (non-hydrogen) atoms. The summed E-state index contributed by atoms with van der Waals surface area (Å²) >= 11 is 0. The normalized spacial score (nSPS) is 18.7. The SMILES string of the molecule is Cc1ccnc(NC(=O)c2ccc(Oc3ccnc4[nH]nc(N[C@@H]5CCCN(C(=O)C6(C)CCN(C(C)(C)C)CC6)C5)c34)cc2)c1. The quantitative estimate of drug-likeness (QED) is 0.228. The summed E-state index contributed by atoms with van der Waals surface area (Å²) in [5.41, 5.74) is 1.89. The van der Waals surface area contributed by atoms with Crippen LogP contribution in [0.2, 0.25) is 0 Å². The molecule has 6 rings (SSSR count). The lowest BCUT2D eigenvalue weighted by molar-refractivity contribution is -0.146. The average molecular weight is 625 g/mol. The van der Waals surface area contributed by atoms with Gasteiger partial charge in [-0.2, -0.15) is 5.10 Å². The Balaban J connectivity index is 1.11. The summed E-state index contributed by atoms with van der Waals surface area (Å²) in [6, 6.07) is 12.5. The second-order valence-electron chi connectivity index (χ2n) is 13.9. The molecule has 2 aliphatic rings. The number of fused-ring (bicyclic) bond motifs is 1. The van der Waals surface area contributed by atoms with Crippen molar-refractivity contribution in [2.24, 2.45) is 5.41 Å². The average Bonchev–Trinajstić information content (AvgIpc) is 3.44. The zero-order valence-electron chi connectivity index (χ0n) is 27.4. The van der Waals surface area contributed by atoms with E-state index in [1.165, 1.54) is 0 Å². The van der Waals surface area contributed by atoms with Gasteiger partial charge < -0.3 is 20.3 Å². The molecule has 3 N–H and O–H groups in total. The van der Waals surface area contributed by atoms with Gasteiger partial charge >= 0.3 is 0 Å². The smallest absolute Gasteiger partial charge is 0.256 e. The molecule has 11 nitrogen and oxygen atoms in total. The molecule has 2 fully saturated rings. The molecule has 0 unspecified atom stereocenters. The van der Waals surface area contributed by atoms with Gasteiger partial charge in [-0.3, -0.25) is 19.6 Å². The number of benzene rings is 1. The highest BCUT2D eigenvalue weighted by atomic mass is 16.5. The lowest BCUT2D eigenvalue weighted by atomic mass is 9.77. The van der Waals surface area contributed by atoms with Gasteiger partial charge in [-0.05, 0) is 108 Å². The van der Waals surface area contributed by atoms with E-state index in [2.05, 4.69) is 63.4 Å². The minimum Gasteiger partial charge on any atom is -0.456 e. The van der Waals surface area contributed by atoms with Crippen LogP contribution in [0.1, 0.15) is 69.3 Å². The van der Waals surface area contributed by atoms with Crippen LogP contribution in [0.4, 0.5) is 11.6 Å². The number of carbonyl (C=O) groups excluding carboxylic acids is 2. The molecule has 3 aromatic heterocycles. The summed E-state index contributed by atoms with van der Waals surface area (Å²) in [6.07, 6.45) is 6.96. The van der Waals surface area contributed by atoms with Crippen molar-refractivity contribution in [3.05, 3.63) is 66.0 Å². The first-order valence-corrected chi connectivity index (χ1v) is 16.1. The second-order valence-corrected chi connectivity index (χ2v) is 13.9. The Morgan fingerprint density at radius 3 is 2.48 bits per heavy atom. The molecule has 2 aliphatic heterocycles. The number of carbonyl (C=O) groups is 2. The van der Waals surface area contributed by atoms with Crippen LogP contribution in [0.5, 0.6) is 11.5 Å². The highest BCUT2D eigenvalue weighted by Gasteiger charge is 2.42. The first-order chi connectivity index (χ1) is 22.0. The summed E-state index contributed by atoms with van der Waals surface area (Å²) < 4.78 is 6.28. The summed E-state index contributed by atoms with van der Waals surface area (Å²) in [6.45, 7) is 14.1. The molecule has 0 bridgehead atoms. The number of aromatic amines is 1. The number of rotatable bonds is 7. The van der Waals surface area contributed by atoms with Crippen molar-refractivity contribution < 1.29 is 14.3 Å². The number of ether oxygens (including phenoxy) is 1.